The number of nitrogens with zero attached hydrogens (tertiary/aromatic N) is 2. The number of amides is 1. The first-order valence-corrected chi connectivity index (χ1v) is 7.03. The Morgan fingerprint density at radius 3 is 2.86 bits per heavy atom. The molecule has 2 N–H and O–H groups in total. The minimum absolute atomic E-state index is 0.0213. The first kappa shape index (κ1) is 15.0. The molecule has 7 heteroatoms. The van der Waals surface area contributed by atoms with E-state index in [0.717, 1.165) is 10.7 Å². The third kappa shape index (κ3) is 3.57. The van der Waals surface area contributed by atoms with Gasteiger partial charge in [-0.2, -0.15) is 5.10 Å². The SMILES string of the molecule is COc1cc(C(=O)N/N=C(\C)c2nc(C)cs2)ccc1O. The van der Waals surface area contributed by atoms with Crippen LogP contribution in [0.4, 0.5) is 0 Å². The largest absolute Gasteiger partial charge is 0.504 e. The summed E-state index contributed by atoms with van der Waals surface area (Å²) in [6, 6.07) is 4.34. The standard InChI is InChI=1S/C14H15N3O3S/c1-8-7-21-14(15-8)9(2)16-17-13(19)10-4-5-11(18)12(6-10)20-3/h4-7,18H,1-3H3,(H,17,19)/b16-9+. The molecule has 0 radical (unpaired) electrons. The third-order valence-electron chi connectivity index (χ3n) is 2.70. The molecule has 0 bridgehead atoms. The number of hydrazone groups is 1. The third-order valence-corrected chi connectivity index (χ3v) is 3.76. The quantitative estimate of drug-likeness (QED) is 0.670. The van der Waals surface area contributed by atoms with Crippen LogP contribution in [-0.2, 0) is 0 Å². The number of aryl methyl sites for hydroxylation is 1. The Labute approximate surface area is 126 Å². The summed E-state index contributed by atoms with van der Waals surface area (Å²) in [6.45, 7) is 3.67. The minimum atomic E-state index is -0.388. The summed E-state index contributed by atoms with van der Waals surface area (Å²) in [5.41, 5.74) is 4.35. The zero-order valence-electron chi connectivity index (χ0n) is 11.9. The monoisotopic (exact) mass is 305 g/mol. The first-order valence-electron chi connectivity index (χ1n) is 6.15. The van der Waals surface area contributed by atoms with Crippen LogP contribution in [0.3, 0.4) is 0 Å². The van der Waals surface area contributed by atoms with Gasteiger partial charge in [-0.25, -0.2) is 10.4 Å². The second kappa shape index (κ2) is 6.36. The molecule has 21 heavy (non-hydrogen) atoms. The van der Waals surface area contributed by atoms with Crippen molar-refractivity contribution >= 4 is 23.0 Å². The summed E-state index contributed by atoms with van der Waals surface area (Å²) in [6.07, 6.45) is 0. The topological polar surface area (TPSA) is 83.8 Å². The smallest absolute Gasteiger partial charge is 0.271 e. The lowest BCUT2D eigenvalue weighted by Gasteiger charge is -2.05. The molecule has 2 aromatic rings. The maximum atomic E-state index is 12.0. The fraction of sp³-hybridized carbons (Fsp3) is 0.214. The number of hydrogen-bond donors (Lipinski definition) is 2. The zero-order valence-corrected chi connectivity index (χ0v) is 12.7. The van der Waals surface area contributed by atoms with Crippen LogP contribution in [0.2, 0.25) is 0 Å². The van der Waals surface area contributed by atoms with E-state index < -0.39 is 0 Å². The summed E-state index contributed by atoms with van der Waals surface area (Å²) < 4.78 is 4.96. The molecule has 1 aromatic heterocycles. The lowest BCUT2D eigenvalue weighted by molar-refractivity contribution is 0.0954. The summed E-state index contributed by atoms with van der Waals surface area (Å²) in [5, 5.41) is 16.2. The van der Waals surface area contributed by atoms with E-state index in [1.54, 1.807) is 6.92 Å². The van der Waals surface area contributed by atoms with E-state index in [0.29, 0.717) is 11.3 Å². The molecule has 6 nitrogen and oxygen atoms in total. The molecule has 0 fully saturated rings. The predicted octanol–water partition coefficient (Wildman–Crippen LogP) is 2.32. The van der Waals surface area contributed by atoms with E-state index in [-0.39, 0.29) is 17.4 Å². The van der Waals surface area contributed by atoms with Crippen LogP contribution >= 0.6 is 11.3 Å². The van der Waals surface area contributed by atoms with Crippen molar-refractivity contribution in [2.45, 2.75) is 13.8 Å². The molecule has 0 unspecified atom stereocenters. The van der Waals surface area contributed by atoms with Gasteiger partial charge in [0.1, 0.15) is 5.01 Å². The molecule has 0 atom stereocenters. The molecular formula is C14H15N3O3S. The van der Waals surface area contributed by atoms with Gasteiger partial charge >= 0.3 is 0 Å². The maximum absolute atomic E-state index is 12.0. The fourth-order valence-corrected chi connectivity index (χ4v) is 2.33. The van der Waals surface area contributed by atoms with Crippen LogP contribution < -0.4 is 10.2 Å². The van der Waals surface area contributed by atoms with Crippen molar-refractivity contribution in [3.8, 4) is 11.5 Å². The van der Waals surface area contributed by atoms with Gasteiger partial charge < -0.3 is 9.84 Å². The number of hydrogen-bond acceptors (Lipinski definition) is 6. The second-order valence-corrected chi connectivity index (χ2v) is 5.18. The van der Waals surface area contributed by atoms with E-state index in [1.165, 1.54) is 36.6 Å². The molecule has 1 amide bonds. The van der Waals surface area contributed by atoms with E-state index in [2.05, 4.69) is 15.5 Å². The first-order chi connectivity index (χ1) is 10.0. The molecule has 0 saturated heterocycles. The van der Waals surface area contributed by atoms with Crippen molar-refractivity contribution in [1.29, 1.82) is 0 Å². The highest BCUT2D eigenvalue weighted by Gasteiger charge is 2.10. The van der Waals surface area contributed by atoms with Crippen molar-refractivity contribution in [2.75, 3.05) is 7.11 Å². The van der Waals surface area contributed by atoms with Gasteiger partial charge in [0, 0.05) is 16.6 Å². The normalized spacial score (nSPS) is 11.3. The summed E-state index contributed by atoms with van der Waals surface area (Å²) in [7, 11) is 1.42. The van der Waals surface area contributed by atoms with E-state index in [1.807, 2.05) is 12.3 Å². The minimum Gasteiger partial charge on any atom is -0.504 e. The molecule has 110 valence electrons. The van der Waals surface area contributed by atoms with E-state index >= 15 is 0 Å². The number of carbonyl (C=O) groups excluding carboxylic acids is 1. The van der Waals surface area contributed by atoms with Gasteiger partial charge in [0.05, 0.1) is 12.8 Å². The highest BCUT2D eigenvalue weighted by Crippen LogP contribution is 2.26. The molecule has 0 saturated carbocycles. The highest BCUT2D eigenvalue weighted by molar-refractivity contribution is 7.11. The predicted molar refractivity (Wildman–Crippen MR) is 81.2 cm³/mol. The average Bonchev–Trinajstić information content (AvgIpc) is 2.91. The Hall–Kier alpha value is -2.41. The number of rotatable bonds is 4. The zero-order chi connectivity index (χ0) is 15.4. The number of thiazole rings is 1. The summed E-state index contributed by atoms with van der Waals surface area (Å²) in [5.74, 6) is -0.174. The van der Waals surface area contributed by atoms with Crippen molar-refractivity contribution < 1.29 is 14.6 Å². The lowest BCUT2D eigenvalue weighted by Crippen LogP contribution is -2.19. The Kier molecular flexibility index (Phi) is 4.54. The van der Waals surface area contributed by atoms with Crippen molar-refractivity contribution in [1.82, 2.24) is 10.4 Å². The summed E-state index contributed by atoms with van der Waals surface area (Å²) in [4.78, 5) is 16.3. The van der Waals surface area contributed by atoms with Crippen LogP contribution in [0.15, 0.2) is 28.7 Å². The van der Waals surface area contributed by atoms with Gasteiger partial charge in [-0.05, 0) is 32.0 Å². The van der Waals surface area contributed by atoms with Gasteiger partial charge in [-0.15, -0.1) is 11.3 Å². The van der Waals surface area contributed by atoms with Gasteiger partial charge in [-0.3, -0.25) is 4.79 Å². The van der Waals surface area contributed by atoms with Gasteiger partial charge in [0.2, 0.25) is 0 Å². The molecule has 0 aliphatic carbocycles. The number of aromatic nitrogens is 1. The number of aromatic hydroxyl groups is 1. The number of methoxy groups -OCH3 is 1. The molecule has 0 spiro atoms. The fourth-order valence-electron chi connectivity index (χ4n) is 1.59. The highest BCUT2D eigenvalue weighted by atomic mass is 32.1. The number of benzene rings is 1. The lowest BCUT2D eigenvalue weighted by atomic mass is 10.2. The number of ether oxygens (including phenoxy) is 1. The summed E-state index contributed by atoms with van der Waals surface area (Å²) >= 11 is 1.47. The van der Waals surface area contributed by atoms with Crippen molar-refractivity contribution in [2.24, 2.45) is 5.10 Å². The van der Waals surface area contributed by atoms with Crippen LogP contribution in [0, 0.1) is 6.92 Å². The number of carbonyl (C=O) groups is 1. The molecular weight excluding hydrogens is 290 g/mol. The van der Waals surface area contributed by atoms with E-state index in [4.69, 9.17) is 4.74 Å². The average molecular weight is 305 g/mol. The van der Waals surface area contributed by atoms with Gasteiger partial charge in [0.25, 0.3) is 5.91 Å². The molecule has 0 aliphatic rings. The number of phenols is 1. The Bertz CT molecular complexity index is 695. The van der Waals surface area contributed by atoms with E-state index in [9.17, 15) is 9.90 Å². The van der Waals surface area contributed by atoms with Crippen LogP contribution in [0.5, 0.6) is 11.5 Å². The van der Waals surface area contributed by atoms with Crippen molar-refractivity contribution in [3.63, 3.8) is 0 Å². The Morgan fingerprint density at radius 1 is 1.48 bits per heavy atom. The van der Waals surface area contributed by atoms with Gasteiger partial charge in [0.15, 0.2) is 11.5 Å². The number of phenolic OH excluding ortho intramolecular Hbond substituents is 1. The molecule has 1 heterocycles. The molecule has 2 rings (SSSR count). The van der Waals surface area contributed by atoms with Crippen LogP contribution in [0.1, 0.15) is 28.0 Å². The maximum Gasteiger partial charge on any atom is 0.271 e. The Morgan fingerprint density at radius 2 is 2.24 bits per heavy atom. The van der Waals surface area contributed by atoms with Crippen LogP contribution in [-0.4, -0.2) is 28.8 Å². The second-order valence-electron chi connectivity index (χ2n) is 4.32. The van der Waals surface area contributed by atoms with Crippen LogP contribution in [0.25, 0.3) is 0 Å². The van der Waals surface area contributed by atoms with Gasteiger partial charge in [-0.1, -0.05) is 0 Å². The molecule has 1 aromatic carbocycles. The molecule has 0 aliphatic heterocycles. The van der Waals surface area contributed by atoms with Crippen molar-refractivity contribution in [3.05, 3.63) is 39.8 Å². The Balaban J connectivity index is 2.11. The number of nitrogens with one attached hydrogen (secondary N) is 1.